The van der Waals surface area contributed by atoms with Crippen LogP contribution in [0.15, 0.2) is 0 Å². The Morgan fingerprint density at radius 1 is 0.692 bits per heavy atom. The number of nitrogens with two attached hydrogens (primary N) is 1. The standard InChI is InChI=1S/C6H2Cl5NO/c7-1-2(8)4(10)6(13-12)5(11)3(1)9/h12H2. The Labute approximate surface area is 99.4 Å². The summed E-state index contributed by atoms with van der Waals surface area (Å²) in [5, 5.41) is 0.239. The molecular formula is C6H2Cl5NO. The summed E-state index contributed by atoms with van der Waals surface area (Å²) in [5.74, 6) is 4.91. The average Bonchev–Trinajstić information content (AvgIpc) is 2.13. The molecular weight excluding hydrogens is 279 g/mol. The Kier molecular flexibility index (Phi) is 3.81. The summed E-state index contributed by atoms with van der Waals surface area (Å²) in [6.07, 6.45) is 0. The van der Waals surface area contributed by atoms with Crippen LogP contribution in [0.4, 0.5) is 0 Å². The fourth-order valence-electron chi connectivity index (χ4n) is 0.688. The third-order valence-corrected chi connectivity index (χ3v) is 3.53. The average molecular weight is 281 g/mol. The molecule has 0 aliphatic heterocycles. The lowest BCUT2D eigenvalue weighted by molar-refractivity contribution is 0.335. The first-order chi connectivity index (χ1) is 6.00. The molecule has 0 bridgehead atoms. The van der Waals surface area contributed by atoms with Gasteiger partial charge in [-0.25, -0.2) is 0 Å². The maximum Gasteiger partial charge on any atom is 0.187 e. The van der Waals surface area contributed by atoms with Crippen LogP contribution in [0.5, 0.6) is 5.75 Å². The van der Waals surface area contributed by atoms with Crippen molar-refractivity contribution in [3.63, 3.8) is 0 Å². The van der Waals surface area contributed by atoms with Crippen molar-refractivity contribution in [3.8, 4) is 5.75 Å². The Hall–Kier alpha value is 0.430. The maximum absolute atomic E-state index is 5.71. The quantitative estimate of drug-likeness (QED) is 0.475. The first-order valence-electron chi connectivity index (χ1n) is 2.88. The predicted molar refractivity (Wildman–Crippen MR) is 56.3 cm³/mol. The lowest BCUT2D eigenvalue weighted by atomic mass is 10.3. The van der Waals surface area contributed by atoms with Crippen LogP contribution in [-0.4, -0.2) is 0 Å². The van der Waals surface area contributed by atoms with Gasteiger partial charge in [-0.2, -0.15) is 5.90 Å². The van der Waals surface area contributed by atoms with E-state index < -0.39 is 0 Å². The topological polar surface area (TPSA) is 35.2 Å². The van der Waals surface area contributed by atoms with Gasteiger partial charge in [0, 0.05) is 0 Å². The molecule has 0 heterocycles. The maximum atomic E-state index is 5.71. The van der Waals surface area contributed by atoms with Crippen LogP contribution in [-0.2, 0) is 0 Å². The van der Waals surface area contributed by atoms with Crippen molar-refractivity contribution in [1.29, 1.82) is 0 Å². The fraction of sp³-hybridized carbons (Fsp3) is 0. The van der Waals surface area contributed by atoms with Gasteiger partial charge >= 0.3 is 0 Å². The molecule has 0 amide bonds. The van der Waals surface area contributed by atoms with Gasteiger partial charge in [0.1, 0.15) is 10.0 Å². The van der Waals surface area contributed by atoms with Crippen molar-refractivity contribution in [1.82, 2.24) is 0 Å². The number of benzene rings is 1. The molecule has 0 fully saturated rings. The molecule has 0 aromatic heterocycles. The Morgan fingerprint density at radius 2 is 1.00 bits per heavy atom. The second-order valence-corrected chi connectivity index (χ2v) is 3.91. The first kappa shape index (κ1) is 11.5. The minimum Gasteiger partial charge on any atom is -0.408 e. The Balaban J connectivity index is 3.56. The summed E-state index contributed by atoms with van der Waals surface area (Å²) in [4.78, 5) is 4.40. The molecule has 0 unspecified atom stereocenters. The largest absolute Gasteiger partial charge is 0.408 e. The van der Waals surface area contributed by atoms with Crippen LogP contribution in [0, 0.1) is 0 Å². The minimum absolute atomic E-state index is 0.00253. The molecule has 0 radical (unpaired) electrons. The van der Waals surface area contributed by atoms with Crippen LogP contribution in [0.2, 0.25) is 25.1 Å². The van der Waals surface area contributed by atoms with E-state index >= 15 is 0 Å². The Morgan fingerprint density at radius 3 is 1.31 bits per heavy atom. The Bertz CT molecular complexity index is 324. The molecule has 72 valence electrons. The summed E-state index contributed by atoms with van der Waals surface area (Å²) in [6.45, 7) is 0. The monoisotopic (exact) mass is 279 g/mol. The molecule has 2 N–H and O–H groups in total. The van der Waals surface area contributed by atoms with Gasteiger partial charge in [0.05, 0.1) is 15.1 Å². The van der Waals surface area contributed by atoms with Crippen LogP contribution in [0.3, 0.4) is 0 Å². The first-order valence-corrected chi connectivity index (χ1v) is 4.77. The van der Waals surface area contributed by atoms with Gasteiger partial charge in [-0.05, 0) is 0 Å². The third-order valence-electron chi connectivity index (χ3n) is 1.29. The van der Waals surface area contributed by atoms with Crippen molar-refractivity contribution in [2.75, 3.05) is 0 Å². The second-order valence-electron chi connectivity index (χ2n) is 2.02. The molecule has 13 heavy (non-hydrogen) atoms. The number of hydrogen-bond donors (Lipinski definition) is 1. The molecule has 7 heteroatoms. The van der Waals surface area contributed by atoms with E-state index in [1.807, 2.05) is 0 Å². The minimum atomic E-state index is 0.00253. The summed E-state index contributed by atoms with van der Waals surface area (Å²) >= 11 is 28.5. The van der Waals surface area contributed by atoms with Crippen molar-refractivity contribution in [3.05, 3.63) is 25.1 Å². The van der Waals surface area contributed by atoms with E-state index in [0.717, 1.165) is 0 Å². The zero-order valence-corrected chi connectivity index (χ0v) is 9.66. The van der Waals surface area contributed by atoms with E-state index in [1.165, 1.54) is 0 Å². The fourth-order valence-corrected chi connectivity index (χ4v) is 1.90. The smallest absolute Gasteiger partial charge is 0.187 e. The van der Waals surface area contributed by atoms with Crippen LogP contribution < -0.4 is 10.7 Å². The molecule has 1 rings (SSSR count). The highest BCUT2D eigenvalue weighted by atomic mass is 35.5. The van der Waals surface area contributed by atoms with Gasteiger partial charge in [-0.1, -0.05) is 58.0 Å². The van der Waals surface area contributed by atoms with E-state index in [0.29, 0.717) is 0 Å². The molecule has 1 aromatic carbocycles. The molecule has 0 spiro atoms. The summed E-state index contributed by atoms with van der Waals surface area (Å²) in [6, 6.07) is 0. The lowest BCUT2D eigenvalue weighted by Gasteiger charge is -2.09. The van der Waals surface area contributed by atoms with Crippen molar-refractivity contribution < 1.29 is 4.84 Å². The van der Waals surface area contributed by atoms with E-state index in [9.17, 15) is 0 Å². The van der Waals surface area contributed by atoms with E-state index in [4.69, 9.17) is 63.9 Å². The summed E-state index contributed by atoms with van der Waals surface area (Å²) in [5.41, 5.74) is 0. The van der Waals surface area contributed by atoms with E-state index in [2.05, 4.69) is 4.84 Å². The van der Waals surface area contributed by atoms with Crippen molar-refractivity contribution in [2.24, 2.45) is 5.90 Å². The zero-order chi connectivity index (χ0) is 10.2. The van der Waals surface area contributed by atoms with Crippen molar-refractivity contribution in [2.45, 2.75) is 0 Å². The summed E-state index contributed by atoms with van der Waals surface area (Å²) in [7, 11) is 0. The second kappa shape index (κ2) is 4.30. The number of hydrogen-bond acceptors (Lipinski definition) is 2. The molecule has 0 saturated heterocycles. The van der Waals surface area contributed by atoms with E-state index in [1.54, 1.807) is 0 Å². The van der Waals surface area contributed by atoms with Gasteiger partial charge in [0.15, 0.2) is 5.75 Å². The van der Waals surface area contributed by atoms with Gasteiger partial charge in [-0.15, -0.1) is 0 Å². The van der Waals surface area contributed by atoms with E-state index in [-0.39, 0.29) is 30.9 Å². The molecule has 1 aromatic rings. The molecule has 0 aliphatic rings. The van der Waals surface area contributed by atoms with Crippen LogP contribution in [0.25, 0.3) is 0 Å². The molecule has 0 saturated carbocycles. The molecule has 2 nitrogen and oxygen atoms in total. The molecule has 0 atom stereocenters. The van der Waals surface area contributed by atoms with Gasteiger partial charge in [0.25, 0.3) is 0 Å². The SMILES string of the molecule is NOc1c(Cl)c(Cl)c(Cl)c(Cl)c1Cl. The van der Waals surface area contributed by atoms with Gasteiger partial charge < -0.3 is 4.84 Å². The van der Waals surface area contributed by atoms with Gasteiger partial charge in [-0.3, -0.25) is 0 Å². The lowest BCUT2D eigenvalue weighted by Crippen LogP contribution is -2.03. The molecule has 0 aliphatic carbocycles. The van der Waals surface area contributed by atoms with Crippen LogP contribution >= 0.6 is 58.0 Å². The number of halogens is 5. The highest BCUT2D eigenvalue weighted by Gasteiger charge is 2.19. The zero-order valence-electron chi connectivity index (χ0n) is 5.88. The third kappa shape index (κ3) is 1.94. The normalized spacial score (nSPS) is 10.3. The summed E-state index contributed by atoms with van der Waals surface area (Å²) < 4.78 is 0. The van der Waals surface area contributed by atoms with Crippen molar-refractivity contribution >= 4 is 58.0 Å². The predicted octanol–water partition coefficient (Wildman–Crippen LogP) is 4.21. The highest BCUT2D eigenvalue weighted by Crippen LogP contribution is 2.47. The van der Waals surface area contributed by atoms with Crippen LogP contribution in [0.1, 0.15) is 0 Å². The number of rotatable bonds is 1. The van der Waals surface area contributed by atoms with Gasteiger partial charge in [0.2, 0.25) is 0 Å². The highest BCUT2D eigenvalue weighted by molar-refractivity contribution is 6.55.